The van der Waals surface area contributed by atoms with Gasteiger partial charge in [0.15, 0.2) is 6.61 Å². The van der Waals surface area contributed by atoms with Crippen LogP contribution in [0.3, 0.4) is 0 Å². The summed E-state index contributed by atoms with van der Waals surface area (Å²) in [6.07, 6.45) is 0. The summed E-state index contributed by atoms with van der Waals surface area (Å²) >= 11 is 1.08. The zero-order valence-corrected chi connectivity index (χ0v) is 18.9. The number of carbonyl (C=O) groups is 3. The Kier molecular flexibility index (Phi) is 8.41. The summed E-state index contributed by atoms with van der Waals surface area (Å²) in [6.45, 7) is 10.1. The van der Waals surface area contributed by atoms with E-state index in [0.29, 0.717) is 34.3 Å². The van der Waals surface area contributed by atoms with E-state index >= 15 is 0 Å². The van der Waals surface area contributed by atoms with Gasteiger partial charge in [-0.2, -0.15) is 0 Å². The van der Waals surface area contributed by atoms with Gasteiger partial charge in [-0.25, -0.2) is 4.79 Å². The molecule has 2 amide bonds. The Bertz CT molecular complexity index is 918. The van der Waals surface area contributed by atoms with E-state index in [1.54, 1.807) is 24.8 Å². The summed E-state index contributed by atoms with van der Waals surface area (Å²) in [5, 5.41) is 3.01. The molecule has 162 valence electrons. The van der Waals surface area contributed by atoms with Gasteiger partial charge in [-0.05, 0) is 51.8 Å². The SMILES string of the molecule is CCOC(=O)c1c(NC(=O)COc2ccccc2C)sc(C(=O)N(CC)CC)c1C. The summed E-state index contributed by atoms with van der Waals surface area (Å²) in [5.41, 5.74) is 1.63. The topological polar surface area (TPSA) is 84.9 Å². The smallest absolute Gasteiger partial charge is 0.341 e. The summed E-state index contributed by atoms with van der Waals surface area (Å²) in [4.78, 5) is 39.9. The van der Waals surface area contributed by atoms with Crippen molar-refractivity contribution >= 4 is 34.1 Å². The van der Waals surface area contributed by atoms with Gasteiger partial charge >= 0.3 is 5.97 Å². The molecule has 0 aliphatic carbocycles. The summed E-state index contributed by atoms with van der Waals surface area (Å²) < 4.78 is 10.7. The Balaban J connectivity index is 2.27. The minimum absolute atomic E-state index is 0.176. The van der Waals surface area contributed by atoms with Gasteiger partial charge in [0.25, 0.3) is 11.8 Å². The molecule has 1 aromatic carbocycles. The molecule has 7 nitrogen and oxygen atoms in total. The third kappa shape index (κ3) is 5.38. The van der Waals surface area contributed by atoms with E-state index in [4.69, 9.17) is 9.47 Å². The fourth-order valence-electron chi connectivity index (χ4n) is 2.93. The number of hydrogen-bond donors (Lipinski definition) is 1. The summed E-state index contributed by atoms with van der Waals surface area (Å²) in [5.74, 6) is -0.561. The molecule has 0 fully saturated rings. The molecule has 2 rings (SSSR count). The van der Waals surface area contributed by atoms with E-state index in [-0.39, 0.29) is 24.7 Å². The molecule has 0 saturated carbocycles. The molecule has 30 heavy (non-hydrogen) atoms. The van der Waals surface area contributed by atoms with E-state index in [1.165, 1.54) is 0 Å². The van der Waals surface area contributed by atoms with Crippen LogP contribution in [0, 0.1) is 13.8 Å². The number of nitrogens with one attached hydrogen (secondary N) is 1. The highest BCUT2D eigenvalue weighted by Crippen LogP contribution is 2.34. The molecule has 0 aliphatic heterocycles. The first-order valence-corrected chi connectivity index (χ1v) is 10.7. The van der Waals surface area contributed by atoms with Crippen molar-refractivity contribution in [2.24, 2.45) is 0 Å². The number of rotatable bonds is 9. The van der Waals surface area contributed by atoms with Gasteiger partial charge in [-0.3, -0.25) is 9.59 Å². The normalized spacial score (nSPS) is 10.4. The number of hydrogen-bond acceptors (Lipinski definition) is 6. The Morgan fingerprint density at radius 3 is 2.33 bits per heavy atom. The maximum atomic E-state index is 12.9. The average Bonchev–Trinajstić information content (AvgIpc) is 3.04. The number of para-hydroxylation sites is 1. The zero-order chi connectivity index (χ0) is 22.3. The maximum absolute atomic E-state index is 12.9. The minimum Gasteiger partial charge on any atom is -0.483 e. The molecule has 0 aliphatic rings. The third-order valence-electron chi connectivity index (χ3n) is 4.58. The molecule has 8 heteroatoms. The van der Waals surface area contributed by atoms with Crippen LogP contribution < -0.4 is 10.1 Å². The molecule has 0 unspecified atom stereocenters. The lowest BCUT2D eigenvalue weighted by molar-refractivity contribution is -0.118. The largest absolute Gasteiger partial charge is 0.483 e. The molecule has 0 bridgehead atoms. The van der Waals surface area contributed by atoms with Crippen molar-refractivity contribution in [2.45, 2.75) is 34.6 Å². The highest BCUT2D eigenvalue weighted by atomic mass is 32.1. The van der Waals surface area contributed by atoms with Gasteiger partial charge in [0.1, 0.15) is 10.8 Å². The van der Waals surface area contributed by atoms with E-state index in [9.17, 15) is 14.4 Å². The van der Waals surface area contributed by atoms with Crippen LogP contribution in [0.5, 0.6) is 5.75 Å². The predicted molar refractivity (Wildman–Crippen MR) is 118 cm³/mol. The van der Waals surface area contributed by atoms with Gasteiger partial charge in [0.05, 0.1) is 17.0 Å². The number of thiophene rings is 1. The standard InChI is InChI=1S/C22H28N2O5S/c1-6-24(7-2)21(26)19-15(5)18(22(27)28-8-3)20(30-19)23-17(25)13-29-16-12-10-9-11-14(16)4/h9-12H,6-8,13H2,1-5H3,(H,23,25). The monoisotopic (exact) mass is 432 g/mol. The Labute approximate surface area is 181 Å². The first kappa shape index (κ1) is 23.4. The summed E-state index contributed by atoms with van der Waals surface area (Å²) in [6, 6.07) is 7.38. The molecule has 0 atom stereocenters. The van der Waals surface area contributed by atoms with Crippen LogP contribution in [0.15, 0.2) is 24.3 Å². The van der Waals surface area contributed by atoms with Crippen LogP contribution in [0.1, 0.15) is 51.9 Å². The second-order valence-electron chi connectivity index (χ2n) is 6.56. The maximum Gasteiger partial charge on any atom is 0.341 e. The van der Waals surface area contributed by atoms with Crippen molar-refractivity contribution in [3.8, 4) is 5.75 Å². The van der Waals surface area contributed by atoms with Crippen LogP contribution in [-0.4, -0.2) is 49.0 Å². The third-order valence-corrected chi connectivity index (χ3v) is 5.77. The van der Waals surface area contributed by atoms with Gasteiger partial charge in [0, 0.05) is 13.1 Å². The molecule has 0 saturated heterocycles. The fraction of sp³-hybridized carbons (Fsp3) is 0.409. The second-order valence-corrected chi connectivity index (χ2v) is 7.58. The highest BCUT2D eigenvalue weighted by Gasteiger charge is 2.28. The van der Waals surface area contributed by atoms with Crippen LogP contribution in [0.2, 0.25) is 0 Å². The Morgan fingerprint density at radius 1 is 1.07 bits per heavy atom. The number of nitrogens with zero attached hydrogens (tertiary/aromatic N) is 1. The van der Waals surface area contributed by atoms with Gasteiger partial charge in [0.2, 0.25) is 0 Å². The van der Waals surface area contributed by atoms with Gasteiger partial charge in [-0.15, -0.1) is 11.3 Å². The van der Waals surface area contributed by atoms with Crippen LogP contribution in [0.25, 0.3) is 0 Å². The summed E-state index contributed by atoms with van der Waals surface area (Å²) in [7, 11) is 0. The molecule has 0 spiro atoms. The van der Waals surface area contributed by atoms with Crippen LogP contribution in [0.4, 0.5) is 5.00 Å². The lowest BCUT2D eigenvalue weighted by atomic mass is 10.1. The number of benzene rings is 1. The van der Waals surface area contributed by atoms with E-state index in [0.717, 1.165) is 16.9 Å². The van der Waals surface area contributed by atoms with Crippen LogP contribution in [-0.2, 0) is 9.53 Å². The van der Waals surface area contributed by atoms with E-state index < -0.39 is 11.9 Å². The lowest BCUT2D eigenvalue weighted by Gasteiger charge is -2.18. The predicted octanol–water partition coefficient (Wildman–Crippen LogP) is 4.04. The Hall–Kier alpha value is -2.87. The molecular formula is C22H28N2O5S. The number of ether oxygens (including phenoxy) is 2. The average molecular weight is 433 g/mol. The van der Waals surface area contributed by atoms with Gasteiger partial charge in [-0.1, -0.05) is 18.2 Å². The van der Waals surface area contributed by atoms with Crippen molar-refractivity contribution in [1.82, 2.24) is 4.90 Å². The molecule has 1 N–H and O–H groups in total. The number of carbonyl (C=O) groups excluding carboxylic acids is 3. The van der Waals surface area contributed by atoms with Crippen LogP contribution >= 0.6 is 11.3 Å². The first-order valence-electron chi connectivity index (χ1n) is 9.91. The molecule has 2 aromatic rings. The number of esters is 1. The quantitative estimate of drug-likeness (QED) is 0.605. The van der Waals surface area contributed by atoms with Crippen molar-refractivity contribution < 1.29 is 23.9 Å². The van der Waals surface area contributed by atoms with E-state index in [2.05, 4.69) is 5.32 Å². The lowest BCUT2D eigenvalue weighted by Crippen LogP contribution is -2.30. The molecule has 0 radical (unpaired) electrons. The number of aryl methyl sites for hydroxylation is 1. The molecule has 1 heterocycles. The highest BCUT2D eigenvalue weighted by molar-refractivity contribution is 7.18. The van der Waals surface area contributed by atoms with Crippen molar-refractivity contribution in [2.75, 3.05) is 31.6 Å². The van der Waals surface area contributed by atoms with Gasteiger partial charge < -0.3 is 19.7 Å². The second kappa shape index (κ2) is 10.8. The first-order chi connectivity index (χ1) is 14.3. The van der Waals surface area contributed by atoms with Crippen molar-refractivity contribution in [3.05, 3.63) is 45.8 Å². The van der Waals surface area contributed by atoms with Crippen molar-refractivity contribution in [3.63, 3.8) is 0 Å². The fourth-order valence-corrected chi connectivity index (χ4v) is 4.11. The number of amides is 2. The number of anilines is 1. The zero-order valence-electron chi connectivity index (χ0n) is 18.0. The Morgan fingerprint density at radius 2 is 1.73 bits per heavy atom. The molecular weight excluding hydrogens is 404 g/mol. The minimum atomic E-state index is -0.569. The van der Waals surface area contributed by atoms with Crippen molar-refractivity contribution in [1.29, 1.82) is 0 Å². The van der Waals surface area contributed by atoms with E-state index in [1.807, 2.05) is 39.0 Å². The molecule has 1 aromatic heterocycles.